The van der Waals surface area contributed by atoms with Crippen LogP contribution >= 0.6 is 0 Å². The zero-order chi connectivity index (χ0) is 23.3. The number of amides is 2. The fourth-order valence-corrected chi connectivity index (χ4v) is 3.55. The Balaban J connectivity index is 3.00. The number of fused-ring (bicyclic) bond motifs is 1. The first-order valence-corrected chi connectivity index (χ1v) is 9.76. The molecule has 1 aromatic carbocycles. The van der Waals surface area contributed by atoms with Crippen LogP contribution in [0.3, 0.4) is 0 Å². The van der Waals surface area contributed by atoms with Gasteiger partial charge in [0.1, 0.15) is 0 Å². The van der Waals surface area contributed by atoms with E-state index in [-0.39, 0.29) is 30.9 Å². The molecule has 1 aliphatic heterocycles. The predicted octanol–water partition coefficient (Wildman–Crippen LogP) is 1.08. The van der Waals surface area contributed by atoms with Gasteiger partial charge in [-0.1, -0.05) is 17.7 Å². The number of nitrogens with zero attached hydrogens (tertiary/aromatic N) is 1. The number of hydroxylamine groups is 2. The minimum Gasteiger partial charge on any atom is -0.465 e. The normalized spacial score (nSPS) is 17.9. The van der Waals surface area contributed by atoms with Crippen molar-refractivity contribution in [1.82, 2.24) is 5.06 Å². The van der Waals surface area contributed by atoms with Gasteiger partial charge in [-0.3, -0.25) is 28.8 Å². The molecule has 0 N–H and O–H groups in total. The van der Waals surface area contributed by atoms with E-state index < -0.39 is 41.1 Å². The molecule has 0 saturated heterocycles. The monoisotopic (exact) mass is 435 g/mol. The number of benzene rings is 1. The molecule has 1 aliphatic rings. The Hall–Kier alpha value is -3.27. The second kappa shape index (κ2) is 9.69. The van der Waals surface area contributed by atoms with E-state index in [0.717, 1.165) is 7.11 Å². The third-order valence-electron chi connectivity index (χ3n) is 4.79. The minimum absolute atomic E-state index is 0.0984. The molecule has 168 valence electrons. The van der Waals surface area contributed by atoms with Gasteiger partial charge in [0.15, 0.2) is 11.3 Å². The van der Waals surface area contributed by atoms with Crippen LogP contribution in [0.15, 0.2) is 18.2 Å². The van der Waals surface area contributed by atoms with Crippen molar-refractivity contribution in [2.24, 2.45) is 5.92 Å². The van der Waals surface area contributed by atoms with Crippen molar-refractivity contribution >= 4 is 29.7 Å². The van der Waals surface area contributed by atoms with E-state index in [1.165, 1.54) is 32.9 Å². The predicted molar refractivity (Wildman–Crippen MR) is 104 cm³/mol. The lowest BCUT2D eigenvalue weighted by atomic mass is 9.65. The molecule has 2 amide bonds. The molecule has 10 nitrogen and oxygen atoms in total. The molecule has 1 atom stereocenters. The average Bonchev–Trinajstić information content (AvgIpc) is 2.71. The van der Waals surface area contributed by atoms with Crippen LogP contribution in [0.4, 0.5) is 0 Å². The SMILES string of the molecule is CCOC(=O)C(C(=O)OCC)C1(C(=O)OCC)C(=O)N(OC)C(=O)c2ccc(C)cc21. The molecule has 0 saturated carbocycles. The molecule has 2 rings (SSSR count). The van der Waals surface area contributed by atoms with Gasteiger partial charge in [-0.05, 0) is 39.3 Å². The third kappa shape index (κ3) is 3.90. The molecule has 0 fully saturated rings. The fraction of sp³-hybridized carbons (Fsp3) is 0.476. The van der Waals surface area contributed by atoms with Gasteiger partial charge in [0.05, 0.1) is 26.9 Å². The summed E-state index contributed by atoms with van der Waals surface area (Å²) in [6.07, 6.45) is 0. The summed E-state index contributed by atoms with van der Waals surface area (Å²) in [5.41, 5.74) is -2.26. The lowest BCUT2D eigenvalue weighted by Crippen LogP contribution is -2.65. The summed E-state index contributed by atoms with van der Waals surface area (Å²) in [6.45, 7) is 5.75. The van der Waals surface area contributed by atoms with Gasteiger partial charge in [-0.25, -0.2) is 0 Å². The molecule has 0 radical (unpaired) electrons. The first-order valence-electron chi connectivity index (χ1n) is 9.76. The van der Waals surface area contributed by atoms with E-state index in [9.17, 15) is 24.0 Å². The van der Waals surface area contributed by atoms with E-state index in [1.54, 1.807) is 13.0 Å². The molecule has 1 aromatic rings. The van der Waals surface area contributed by atoms with Crippen molar-refractivity contribution in [3.63, 3.8) is 0 Å². The number of hydrogen-bond donors (Lipinski definition) is 0. The third-order valence-corrected chi connectivity index (χ3v) is 4.79. The zero-order valence-corrected chi connectivity index (χ0v) is 18.1. The highest BCUT2D eigenvalue weighted by Crippen LogP contribution is 2.44. The smallest absolute Gasteiger partial charge is 0.327 e. The topological polar surface area (TPSA) is 126 Å². The number of hydrogen-bond acceptors (Lipinski definition) is 9. The van der Waals surface area contributed by atoms with Crippen molar-refractivity contribution in [1.29, 1.82) is 0 Å². The van der Waals surface area contributed by atoms with Crippen LogP contribution in [-0.2, 0) is 43.6 Å². The summed E-state index contributed by atoms with van der Waals surface area (Å²) in [7, 11) is 1.05. The van der Waals surface area contributed by atoms with E-state index in [0.29, 0.717) is 10.6 Å². The minimum atomic E-state index is -2.58. The fourth-order valence-electron chi connectivity index (χ4n) is 3.55. The van der Waals surface area contributed by atoms with Crippen LogP contribution in [0, 0.1) is 12.8 Å². The maximum Gasteiger partial charge on any atom is 0.327 e. The number of rotatable bonds is 8. The van der Waals surface area contributed by atoms with Crippen molar-refractivity contribution in [3.8, 4) is 0 Å². The van der Waals surface area contributed by atoms with Gasteiger partial charge >= 0.3 is 17.9 Å². The highest BCUT2D eigenvalue weighted by atomic mass is 16.7. The van der Waals surface area contributed by atoms with Crippen LogP contribution in [0.2, 0.25) is 0 Å². The average molecular weight is 435 g/mol. The maximum atomic E-state index is 13.6. The van der Waals surface area contributed by atoms with Crippen LogP contribution in [0.1, 0.15) is 42.3 Å². The van der Waals surface area contributed by atoms with Crippen LogP contribution in [-0.4, -0.2) is 61.7 Å². The first kappa shape index (κ1) is 24.0. The first-order chi connectivity index (χ1) is 14.7. The highest BCUT2D eigenvalue weighted by molar-refractivity contribution is 6.25. The highest BCUT2D eigenvalue weighted by Gasteiger charge is 2.67. The summed E-state index contributed by atoms with van der Waals surface area (Å²) in [5, 5.41) is 0.333. The number of carbonyl (C=O) groups is 5. The maximum absolute atomic E-state index is 13.6. The van der Waals surface area contributed by atoms with Gasteiger partial charge in [0.25, 0.3) is 11.8 Å². The molecule has 0 aliphatic carbocycles. The number of esters is 3. The van der Waals surface area contributed by atoms with Crippen molar-refractivity contribution in [2.75, 3.05) is 26.9 Å². The van der Waals surface area contributed by atoms with E-state index in [4.69, 9.17) is 19.0 Å². The van der Waals surface area contributed by atoms with Gasteiger partial charge in [0.2, 0.25) is 0 Å². The Bertz CT molecular complexity index is 892. The van der Waals surface area contributed by atoms with Crippen molar-refractivity contribution in [3.05, 3.63) is 34.9 Å². The Kier molecular flexibility index (Phi) is 7.50. The lowest BCUT2D eigenvalue weighted by molar-refractivity contribution is -0.190. The molecule has 0 spiro atoms. The van der Waals surface area contributed by atoms with Gasteiger partial charge in [-0.2, -0.15) is 0 Å². The second-order valence-electron chi connectivity index (χ2n) is 6.60. The Labute approximate surface area is 179 Å². The molecular formula is C21H25NO9. The molecule has 0 aromatic heterocycles. The second-order valence-corrected chi connectivity index (χ2v) is 6.60. The number of ether oxygens (including phenoxy) is 3. The summed E-state index contributed by atoms with van der Waals surface area (Å²) in [6, 6.07) is 4.35. The number of aryl methyl sites for hydroxylation is 1. The van der Waals surface area contributed by atoms with E-state index in [2.05, 4.69) is 0 Å². The van der Waals surface area contributed by atoms with Crippen molar-refractivity contribution < 1.29 is 43.0 Å². The molecule has 1 heterocycles. The summed E-state index contributed by atoms with van der Waals surface area (Å²) in [4.78, 5) is 70.7. The Morgan fingerprint density at radius 1 is 0.968 bits per heavy atom. The van der Waals surface area contributed by atoms with Crippen LogP contribution in [0.5, 0.6) is 0 Å². The quantitative estimate of drug-likeness (QED) is 0.255. The lowest BCUT2D eigenvalue weighted by Gasteiger charge is -2.41. The zero-order valence-electron chi connectivity index (χ0n) is 18.1. The number of imide groups is 1. The molecular weight excluding hydrogens is 410 g/mol. The van der Waals surface area contributed by atoms with E-state index >= 15 is 0 Å². The summed E-state index contributed by atoms with van der Waals surface area (Å²) in [5.74, 6) is -7.70. The summed E-state index contributed by atoms with van der Waals surface area (Å²) >= 11 is 0. The van der Waals surface area contributed by atoms with Crippen LogP contribution < -0.4 is 0 Å². The molecule has 10 heteroatoms. The van der Waals surface area contributed by atoms with Crippen molar-refractivity contribution in [2.45, 2.75) is 33.1 Å². The molecule has 0 bridgehead atoms. The molecule has 31 heavy (non-hydrogen) atoms. The molecule has 1 unspecified atom stereocenters. The standard InChI is InChI=1S/C21H25NO9/c1-6-29-17(24)15(18(25)30-7-2)21(20(27)31-8-3)14-11-12(4)9-10-13(14)16(23)22(28-5)19(21)26/h9-11,15H,6-8H2,1-5H3. The van der Waals surface area contributed by atoms with Gasteiger partial charge in [-0.15, -0.1) is 5.06 Å². The Morgan fingerprint density at radius 3 is 2.00 bits per heavy atom. The van der Waals surface area contributed by atoms with Gasteiger partial charge in [0, 0.05) is 5.56 Å². The Morgan fingerprint density at radius 2 is 1.52 bits per heavy atom. The summed E-state index contributed by atoms with van der Waals surface area (Å²) < 4.78 is 15.2. The number of carbonyl (C=O) groups excluding carboxylic acids is 5. The van der Waals surface area contributed by atoms with Crippen LogP contribution in [0.25, 0.3) is 0 Å². The van der Waals surface area contributed by atoms with E-state index in [1.807, 2.05) is 0 Å². The largest absolute Gasteiger partial charge is 0.465 e. The van der Waals surface area contributed by atoms with Gasteiger partial charge < -0.3 is 14.2 Å².